The Labute approximate surface area is 143 Å². The number of aromatic hydroxyl groups is 1. The second-order valence-corrected chi connectivity index (χ2v) is 5.68. The summed E-state index contributed by atoms with van der Waals surface area (Å²) in [6.07, 6.45) is -0.358. The highest BCUT2D eigenvalue weighted by atomic mass is 16.7. The number of rotatable bonds is 3. The van der Waals surface area contributed by atoms with E-state index in [1.165, 1.54) is 20.3 Å². The highest BCUT2D eigenvalue weighted by molar-refractivity contribution is 6.03. The zero-order valence-electron chi connectivity index (χ0n) is 13.7. The predicted octanol–water partition coefficient (Wildman–Crippen LogP) is 2.84. The van der Waals surface area contributed by atoms with Gasteiger partial charge in [0.1, 0.15) is 17.4 Å². The van der Waals surface area contributed by atoms with Gasteiger partial charge in [0, 0.05) is 6.07 Å². The second kappa shape index (κ2) is 5.77. The SMILES string of the molecule is COc1cc2c(c(OC)c1O)C(=O)C[C@@H](c1ccc3c(c1)OCO3)O2. The zero-order valence-corrected chi connectivity index (χ0v) is 13.7. The van der Waals surface area contributed by atoms with Crippen LogP contribution in [-0.4, -0.2) is 31.9 Å². The smallest absolute Gasteiger partial charge is 0.231 e. The van der Waals surface area contributed by atoms with Gasteiger partial charge in [-0.3, -0.25) is 4.79 Å². The first-order chi connectivity index (χ1) is 12.1. The van der Waals surface area contributed by atoms with Crippen molar-refractivity contribution in [1.82, 2.24) is 0 Å². The van der Waals surface area contributed by atoms with Crippen molar-refractivity contribution < 1.29 is 33.6 Å². The van der Waals surface area contributed by atoms with E-state index < -0.39 is 6.10 Å². The third kappa shape index (κ3) is 2.39. The van der Waals surface area contributed by atoms with Crippen molar-refractivity contribution in [3.05, 3.63) is 35.4 Å². The van der Waals surface area contributed by atoms with Gasteiger partial charge in [-0.2, -0.15) is 0 Å². The maximum atomic E-state index is 12.7. The van der Waals surface area contributed by atoms with Crippen molar-refractivity contribution in [2.24, 2.45) is 0 Å². The van der Waals surface area contributed by atoms with Crippen molar-refractivity contribution in [3.63, 3.8) is 0 Å². The highest BCUT2D eigenvalue weighted by Gasteiger charge is 2.34. The number of fused-ring (bicyclic) bond motifs is 2. The van der Waals surface area contributed by atoms with Gasteiger partial charge in [-0.25, -0.2) is 0 Å². The standard InChI is InChI=1S/C18H16O7/c1-21-15-7-14-16(18(22-2)17(15)20)10(19)6-12(25-14)9-3-4-11-13(5-9)24-8-23-11/h3-5,7,12,20H,6,8H2,1-2H3/t12-/m0/s1. The first kappa shape index (κ1) is 15.4. The van der Waals surface area contributed by atoms with E-state index in [4.69, 9.17) is 23.7 Å². The lowest BCUT2D eigenvalue weighted by Crippen LogP contribution is -2.21. The Bertz CT molecular complexity index is 859. The fourth-order valence-corrected chi connectivity index (χ4v) is 3.08. The van der Waals surface area contributed by atoms with E-state index in [9.17, 15) is 9.90 Å². The molecule has 1 atom stereocenters. The number of benzene rings is 2. The fourth-order valence-electron chi connectivity index (χ4n) is 3.08. The Morgan fingerprint density at radius 2 is 1.88 bits per heavy atom. The summed E-state index contributed by atoms with van der Waals surface area (Å²) in [5.74, 6) is 1.43. The zero-order chi connectivity index (χ0) is 17.6. The molecule has 25 heavy (non-hydrogen) atoms. The number of carbonyl (C=O) groups excluding carboxylic acids is 1. The maximum Gasteiger partial charge on any atom is 0.231 e. The van der Waals surface area contributed by atoms with Gasteiger partial charge in [0.25, 0.3) is 0 Å². The van der Waals surface area contributed by atoms with Crippen LogP contribution >= 0.6 is 0 Å². The topological polar surface area (TPSA) is 83.5 Å². The van der Waals surface area contributed by atoms with Gasteiger partial charge in [-0.05, 0) is 17.7 Å². The van der Waals surface area contributed by atoms with Gasteiger partial charge < -0.3 is 28.8 Å². The van der Waals surface area contributed by atoms with E-state index >= 15 is 0 Å². The lowest BCUT2D eigenvalue weighted by molar-refractivity contribution is 0.0842. The van der Waals surface area contributed by atoms with Gasteiger partial charge in [-0.15, -0.1) is 0 Å². The molecular weight excluding hydrogens is 328 g/mol. The molecule has 0 aliphatic carbocycles. The quantitative estimate of drug-likeness (QED) is 0.916. The first-order valence-corrected chi connectivity index (χ1v) is 7.69. The van der Waals surface area contributed by atoms with Crippen LogP contribution in [-0.2, 0) is 0 Å². The van der Waals surface area contributed by atoms with Crippen LogP contribution in [0.15, 0.2) is 24.3 Å². The number of Topliss-reactive ketones (excluding diaryl/α,β-unsaturated/α-hetero) is 1. The van der Waals surface area contributed by atoms with Crippen molar-refractivity contribution in [1.29, 1.82) is 0 Å². The van der Waals surface area contributed by atoms with Gasteiger partial charge in [-0.1, -0.05) is 6.07 Å². The van der Waals surface area contributed by atoms with E-state index in [0.717, 1.165) is 5.56 Å². The minimum Gasteiger partial charge on any atom is -0.502 e. The van der Waals surface area contributed by atoms with Crippen LogP contribution in [0.3, 0.4) is 0 Å². The molecule has 0 saturated heterocycles. The number of hydrogen-bond donors (Lipinski definition) is 1. The van der Waals surface area contributed by atoms with Crippen LogP contribution in [0.4, 0.5) is 0 Å². The molecule has 0 fully saturated rings. The monoisotopic (exact) mass is 344 g/mol. The number of ketones is 1. The Hall–Kier alpha value is -3.09. The molecule has 2 heterocycles. The molecule has 2 aliphatic heterocycles. The summed E-state index contributed by atoms with van der Waals surface area (Å²) in [4.78, 5) is 12.7. The third-order valence-corrected chi connectivity index (χ3v) is 4.30. The van der Waals surface area contributed by atoms with Gasteiger partial charge in [0.15, 0.2) is 28.8 Å². The van der Waals surface area contributed by atoms with Gasteiger partial charge in [0.05, 0.1) is 20.6 Å². The molecule has 0 radical (unpaired) electrons. The molecule has 4 rings (SSSR count). The molecule has 0 amide bonds. The second-order valence-electron chi connectivity index (χ2n) is 5.68. The van der Waals surface area contributed by atoms with Crippen LogP contribution in [0, 0.1) is 0 Å². The minimum absolute atomic E-state index is 0.0588. The van der Waals surface area contributed by atoms with Crippen LogP contribution in [0.5, 0.6) is 34.5 Å². The van der Waals surface area contributed by atoms with E-state index in [-0.39, 0.29) is 41.8 Å². The lowest BCUT2D eigenvalue weighted by atomic mass is 9.95. The average molecular weight is 344 g/mol. The van der Waals surface area contributed by atoms with E-state index in [2.05, 4.69) is 0 Å². The van der Waals surface area contributed by atoms with Crippen LogP contribution < -0.4 is 23.7 Å². The molecule has 0 bridgehead atoms. The molecule has 0 unspecified atom stereocenters. The number of methoxy groups -OCH3 is 2. The summed E-state index contributed by atoms with van der Waals surface area (Å²) < 4.78 is 27.0. The first-order valence-electron chi connectivity index (χ1n) is 7.69. The lowest BCUT2D eigenvalue weighted by Gasteiger charge is -2.27. The number of phenols is 1. The molecule has 0 saturated carbocycles. The predicted molar refractivity (Wildman–Crippen MR) is 86.1 cm³/mol. The molecular formula is C18H16O7. The molecule has 7 nitrogen and oxygen atoms in total. The average Bonchev–Trinajstić information content (AvgIpc) is 3.09. The maximum absolute atomic E-state index is 12.7. The molecule has 1 N–H and O–H groups in total. The molecule has 0 spiro atoms. The number of phenolic OH excluding ortho intramolecular Hbond substituents is 1. The van der Waals surface area contributed by atoms with E-state index in [1.54, 1.807) is 12.1 Å². The number of ether oxygens (including phenoxy) is 5. The minimum atomic E-state index is -0.478. The summed E-state index contributed by atoms with van der Waals surface area (Å²) in [5.41, 5.74) is 1.02. The largest absolute Gasteiger partial charge is 0.502 e. The molecule has 2 aromatic rings. The summed E-state index contributed by atoms with van der Waals surface area (Å²) >= 11 is 0. The van der Waals surface area contributed by atoms with Crippen molar-refractivity contribution >= 4 is 5.78 Å². The molecule has 7 heteroatoms. The number of hydrogen-bond acceptors (Lipinski definition) is 7. The van der Waals surface area contributed by atoms with E-state index in [1.807, 2.05) is 6.07 Å². The van der Waals surface area contributed by atoms with Crippen molar-refractivity contribution in [2.75, 3.05) is 21.0 Å². The van der Waals surface area contributed by atoms with Crippen LogP contribution in [0.2, 0.25) is 0 Å². The van der Waals surface area contributed by atoms with Gasteiger partial charge >= 0.3 is 0 Å². The van der Waals surface area contributed by atoms with Crippen LogP contribution in [0.1, 0.15) is 28.4 Å². The summed E-state index contributed by atoms with van der Waals surface area (Å²) in [6.45, 7) is 0.180. The fraction of sp³-hybridized carbons (Fsp3) is 0.278. The number of carbonyl (C=O) groups is 1. The molecule has 0 aromatic heterocycles. The summed E-state index contributed by atoms with van der Waals surface area (Å²) in [5, 5.41) is 10.2. The summed E-state index contributed by atoms with van der Waals surface area (Å²) in [7, 11) is 2.80. The van der Waals surface area contributed by atoms with E-state index in [0.29, 0.717) is 17.2 Å². The third-order valence-electron chi connectivity index (χ3n) is 4.30. The van der Waals surface area contributed by atoms with Crippen molar-refractivity contribution in [3.8, 4) is 34.5 Å². The molecule has 2 aliphatic rings. The Morgan fingerprint density at radius 1 is 1.08 bits per heavy atom. The van der Waals surface area contributed by atoms with Crippen molar-refractivity contribution in [2.45, 2.75) is 12.5 Å². The highest BCUT2D eigenvalue weighted by Crippen LogP contribution is 2.49. The molecule has 130 valence electrons. The Morgan fingerprint density at radius 3 is 2.64 bits per heavy atom. The normalized spacial score (nSPS) is 17.7. The van der Waals surface area contributed by atoms with Crippen LogP contribution in [0.25, 0.3) is 0 Å². The van der Waals surface area contributed by atoms with Gasteiger partial charge in [0.2, 0.25) is 12.5 Å². The Kier molecular flexibility index (Phi) is 3.56. The summed E-state index contributed by atoms with van der Waals surface area (Å²) in [6, 6.07) is 6.93. The Balaban J connectivity index is 1.75. The molecule has 2 aromatic carbocycles.